The van der Waals surface area contributed by atoms with Gasteiger partial charge in [0.05, 0.1) is 16.7 Å². The lowest BCUT2D eigenvalue weighted by molar-refractivity contribution is 0.537. The van der Waals surface area contributed by atoms with Gasteiger partial charge in [-0.1, -0.05) is 0 Å². The van der Waals surface area contributed by atoms with Crippen LogP contribution >= 0.6 is 0 Å². The Bertz CT molecular complexity index is 631. The van der Waals surface area contributed by atoms with E-state index in [1.165, 1.54) is 18.5 Å². The summed E-state index contributed by atoms with van der Waals surface area (Å²) in [5, 5.41) is 3.17. The second kappa shape index (κ2) is 4.56. The third kappa shape index (κ3) is 2.09. The number of hydrogen-bond donors (Lipinski definition) is 1. The van der Waals surface area contributed by atoms with Crippen LogP contribution in [-0.4, -0.2) is 35.5 Å². The number of fused-ring (bicyclic) bond motifs is 1. The standard InChI is InChI=1S/C14H21N3O2S/c18-20(19)7-1-2-11(20)9-17-13-5-6-15-8-12(13)16-14(17)10-3-4-10/h10-11,15H,1-9H2. The first-order valence-corrected chi connectivity index (χ1v) is 9.37. The maximum Gasteiger partial charge on any atom is 0.154 e. The van der Waals surface area contributed by atoms with Gasteiger partial charge >= 0.3 is 0 Å². The van der Waals surface area contributed by atoms with E-state index in [4.69, 9.17) is 4.98 Å². The summed E-state index contributed by atoms with van der Waals surface area (Å²) in [6.07, 6.45) is 5.03. The van der Waals surface area contributed by atoms with Gasteiger partial charge < -0.3 is 9.88 Å². The first-order valence-electron chi connectivity index (χ1n) is 7.65. The molecule has 1 aromatic heterocycles. The van der Waals surface area contributed by atoms with Crippen molar-refractivity contribution >= 4 is 9.84 Å². The predicted molar refractivity (Wildman–Crippen MR) is 76.4 cm³/mol. The van der Waals surface area contributed by atoms with Gasteiger partial charge in [0.1, 0.15) is 5.82 Å². The molecule has 0 aromatic carbocycles. The van der Waals surface area contributed by atoms with Gasteiger partial charge in [-0.3, -0.25) is 0 Å². The second-order valence-electron chi connectivity index (χ2n) is 6.31. The van der Waals surface area contributed by atoms with Crippen molar-refractivity contribution in [1.82, 2.24) is 14.9 Å². The van der Waals surface area contributed by atoms with Crippen LogP contribution in [0.1, 0.15) is 48.8 Å². The molecule has 3 aliphatic rings. The molecule has 0 bridgehead atoms. The minimum atomic E-state index is -2.88. The molecule has 2 aliphatic heterocycles. The Labute approximate surface area is 119 Å². The summed E-state index contributed by atoms with van der Waals surface area (Å²) in [5.74, 6) is 2.10. The van der Waals surface area contributed by atoms with Crippen molar-refractivity contribution < 1.29 is 8.42 Å². The number of nitrogens with zero attached hydrogens (tertiary/aromatic N) is 2. The van der Waals surface area contributed by atoms with Crippen molar-refractivity contribution in [3.63, 3.8) is 0 Å². The van der Waals surface area contributed by atoms with Gasteiger partial charge in [0.25, 0.3) is 0 Å². The summed E-state index contributed by atoms with van der Waals surface area (Å²) < 4.78 is 26.5. The number of hydrogen-bond acceptors (Lipinski definition) is 4. The van der Waals surface area contributed by atoms with Crippen LogP contribution < -0.4 is 5.32 Å². The second-order valence-corrected chi connectivity index (χ2v) is 8.71. The summed E-state index contributed by atoms with van der Waals surface area (Å²) in [5.41, 5.74) is 2.43. The summed E-state index contributed by atoms with van der Waals surface area (Å²) in [4.78, 5) is 4.81. The molecule has 1 saturated carbocycles. The third-order valence-corrected chi connectivity index (χ3v) is 7.07. The van der Waals surface area contributed by atoms with Crippen LogP contribution in [0.4, 0.5) is 0 Å². The van der Waals surface area contributed by atoms with Crippen molar-refractivity contribution in [2.24, 2.45) is 0 Å². The molecular weight excluding hydrogens is 274 g/mol. The molecule has 20 heavy (non-hydrogen) atoms. The molecule has 4 rings (SSSR count). The fourth-order valence-electron chi connectivity index (χ4n) is 3.52. The Hall–Kier alpha value is -0.880. The van der Waals surface area contributed by atoms with Crippen LogP contribution in [0.5, 0.6) is 0 Å². The van der Waals surface area contributed by atoms with Crippen LogP contribution in [0.2, 0.25) is 0 Å². The van der Waals surface area contributed by atoms with Crippen LogP contribution in [0.25, 0.3) is 0 Å². The highest BCUT2D eigenvalue weighted by Crippen LogP contribution is 2.41. The first-order chi connectivity index (χ1) is 9.65. The van der Waals surface area contributed by atoms with E-state index in [0.717, 1.165) is 43.9 Å². The smallest absolute Gasteiger partial charge is 0.154 e. The lowest BCUT2D eigenvalue weighted by Gasteiger charge is -2.18. The van der Waals surface area contributed by atoms with Gasteiger partial charge in [0.15, 0.2) is 9.84 Å². The Morgan fingerprint density at radius 1 is 1.30 bits per heavy atom. The molecule has 1 aliphatic carbocycles. The molecule has 110 valence electrons. The van der Waals surface area contributed by atoms with Gasteiger partial charge in [-0.25, -0.2) is 13.4 Å². The van der Waals surface area contributed by atoms with Crippen molar-refractivity contribution in [2.45, 2.75) is 56.4 Å². The van der Waals surface area contributed by atoms with E-state index in [2.05, 4.69) is 9.88 Å². The average Bonchev–Trinajstić information content (AvgIpc) is 3.13. The molecule has 0 radical (unpaired) electrons. The van der Waals surface area contributed by atoms with E-state index in [1.54, 1.807) is 0 Å². The third-order valence-electron chi connectivity index (χ3n) is 4.81. The lowest BCUT2D eigenvalue weighted by Crippen LogP contribution is -2.28. The molecule has 0 spiro atoms. The highest BCUT2D eigenvalue weighted by atomic mass is 32.2. The number of imidazole rings is 1. The maximum atomic E-state index is 12.1. The minimum absolute atomic E-state index is 0.187. The Morgan fingerprint density at radius 3 is 2.85 bits per heavy atom. The van der Waals surface area contributed by atoms with Crippen molar-refractivity contribution in [3.05, 3.63) is 17.2 Å². The predicted octanol–water partition coefficient (Wildman–Crippen LogP) is 0.983. The van der Waals surface area contributed by atoms with E-state index < -0.39 is 9.84 Å². The van der Waals surface area contributed by atoms with Crippen molar-refractivity contribution in [2.75, 3.05) is 12.3 Å². The van der Waals surface area contributed by atoms with Gasteiger partial charge in [0, 0.05) is 37.7 Å². The highest BCUT2D eigenvalue weighted by molar-refractivity contribution is 7.92. The SMILES string of the molecule is O=S1(=O)CCCC1Cn1c(C2CC2)nc2c1CCNC2. The maximum absolute atomic E-state index is 12.1. The molecule has 6 heteroatoms. The number of aromatic nitrogens is 2. The molecule has 3 heterocycles. The Balaban J connectivity index is 1.71. The van der Waals surface area contributed by atoms with E-state index in [9.17, 15) is 8.42 Å². The number of sulfone groups is 1. The van der Waals surface area contributed by atoms with Crippen molar-refractivity contribution in [3.8, 4) is 0 Å². The Morgan fingerprint density at radius 2 is 2.15 bits per heavy atom. The van der Waals surface area contributed by atoms with E-state index in [1.807, 2.05) is 0 Å². The van der Waals surface area contributed by atoms with Crippen molar-refractivity contribution in [1.29, 1.82) is 0 Å². The summed E-state index contributed by atoms with van der Waals surface area (Å²) in [6.45, 7) is 2.44. The molecule has 0 amide bonds. The molecule has 2 fully saturated rings. The molecule has 1 N–H and O–H groups in total. The van der Waals surface area contributed by atoms with Crippen LogP contribution in [-0.2, 0) is 29.3 Å². The Kier molecular flexibility index (Phi) is 2.93. The molecule has 5 nitrogen and oxygen atoms in total. The molecule has 1 unspecified atom stereocenters. The van der Waals surface area contributed by atoms with Gasteiger partial charge in [-0.2, -0.15) is 0 Å². The fourth-order valence-corrected chi connectivity index (χ4v) is 5.32. The fraction of sp³-hybridized carbons (Fsp3) is 0.786. The molecule has 1 atom stereocenters. The van der Waals surface area contributed by atoms with E-state index in [-0.39, 0.29) is 5.25 Å². The molecule has 1 saturated heterocycles. The summed E-state index contributed by atoms with van der Waals surface area (Å²) >= 11 is 0. The number of nitrogens with one attached hydrogen (secondary N) is 1. The highest BCUT2D eigenvalue weighted by Gasteiger charge is 2.36. The first kappa shape index (κ1) is 12.8. The average molecular weight is 295 g/mol. The largest absolute Gasteiger partial charge is 0.330 e. The van der Waals surface area contributed by atoms with Gasteiger partial charge in [0.2, 0.25) is 0 Å². The van der Waals surface area contributed by atoms with Gasteiger partial charge in [-0.15, -0.1) is 0 Å². The monoisotopic (exact) mass is 295 g/mol. The summed E-state index contributed by atoms with van der Waals surface area (Å²) in [6, 6.07) is 0. The van der Waals surface area contributed by atoms with Crippen LogP contribution in [0.3, 0.4) is 0 Å². The van der Waals surface area contributed by atoms with Crippen LogP contribution in [0, 0.1) is 0 Å². The zero-order valence-electron chi connectivity index (χ0n) is 11.6. The molecule has 1 aromatic rings. The lowest BCUT2D eigenvalue weighted by atomic mass is 10.1. The molecular formula is C14H21N3O2S. The zero-order valence-corrected chi connectivity index (χ0v) is 12.5. The number of rotatable bonds is 3. The zero-order chi connectivity index (χ0) is 13.7. The van der Waals surface area contributed by atoms with E-state index >= 15 is 0 Å². The van der Waals surface area contributed by atoms with E-state index in [0.29, 0.717) is 18.2 Å². The van der Waals surface area contributed by atoms with Gasteiger partial charge in [-0.05, 0) is 25.7 Å². The topological polar surface area (TPSA) is 64.0 Å². The quantitative estimate of drug-likeness (QED) is 0.903. The summed E-state index contributed by atoms with van der Waals surface area (Å²) in [7, 11) is -2.88. The van der Waals surface area contributed by atoms with Crippen LogP contribution in [0.15, 0.2) is 0 Å². The normalized spacial score (nSPS) is 28.5. The minimum Gasteiger partial charge on any atom is -0.330 e.